The Morgan fingerprint density at radius 1 is 1.20 bits per heavy atom. The first-order chi connectivity index (χ1) is 13.6. The van der Waals surface area contributed by atoms with Gasteiger partial charge in [-0.2, -0.15) is 0 Å². The summed E-state index contributed by atoms with van der Waals surface area (Å²) in [6, 6.07) is -1.15. The Hall–Kier alpha value is -1.89. The van der Waals surface area contributed by atoms with E-state index in [1.165, 1.54) is 12.4 Å². The summed E-state index contributed by atoms with van der Waals surface area (Å²) in [6.07, 6.45) is 2.94. The molecule has 1 N–H and O–H groups in total. The normalized spacial score (nSPS) is 26.0. The van der Waals surface area contributed by atoms with Crippen LogP contribution in [0.3, 0.4) is 0 Å². The number of piperidine rings is 1. The number of nitrogens with one attached hydrogen (secondary N) is 1. The van der Waals surface area contributed by atoms with E-state index in [1.54, 1.807) is 4.90 Å². The molecule has 1 saturated carbocycles. The maximum atomic E-state index is 13.7. The molecule has 2 fully saturated rings. The van der Waals surface area contributed by atoms with E-state index in [9.17, 15) is 9.59 Å². The molecule has 1 amide bonds. The van der Waals surface area contributed by atoms with Crippen LogP contribution in [0, 0.1) is 22.7 Å². The van der Waals surface area contributed by atoms with Crippen LogP contribution in [-0.4, -0.2) is 51.0 Å². The number of aromatic nitrogens is 2. The summed E-state index contributed by atoms with van der Waals surface area (Å²) >= 11 is 5.83. The molecule has 1 aromatic heterocycles. The van der Waals surface area contributed by atoms with Gasteiger partial charge in [0.15, 0.2) is 0 Å². The summed E-state index contributed by atoms with van der Waals surface area (Å²) in [5.74, 6) is 0.430. The maximum absolute atomic E-state index is 13.7. The molecule has 2 aliphatic rings. The minimum atomic E-state index is -0.608. The van der Waals surface area contributed by atoms with Gasteiger partial charge in [-0.15, -0.1) is 0 Å². The van der Waals surface area contributed by atoms with E-state index in [-0.39, 0.29) is 28.4 Å². The predicted molar refractivity (Wildman–Crippen MR) is 116 cm³/mol. The van der Waals surface area contributed by atoms with Crippen molar-refractivity contribution in [3.05, 3.63) is 17.5 Å². The number of fused-ring (bicyclic) bond motifs is 1. The molecular weight excluding hydrogens is 404 g/mol. The molecule has 3 rings (SSSR count). The van der Waals surface area contributed by atoms with Gasteiger partial charge >= 0.3 is 5.97 Å². The monoisotopic (exact) mass is 436 g/mol. The number of hydrogen-bond donors (Lipinski definition) is 1. The molecule has 0 bridgehead atoms. The van der Waals surface area contributed by atoms with Crippen LogP contribution in [0.4, 0.5) is 5.82 Å². The number of nitrogens with zero attached hydrogens (tertiary/aromatic N) is 3. The molecule has 0 radical (unpaired) electrons. The highest BCUT2D eigenvalue weighted by Crippen LogP contribution is 2.65. The van der Waals surface area contributed by atoms with Crippen LogP contribution in [0.2, 0.25) is 5.15 Å². The van der Waals surface area contributed by atoms with Crippen molar-refractivity contribution in [2.24, 2.45) is 22.7 Å². The molecule has 0 aromatic carbocycles. The Morgan fingerprint density at radius 2 is 1.83 bits per heavy atom. The van der Waals surface area contributed by atoms with E-state index < -0.39 is 23.1 Å². The minimum absolute atomic E-state index is 0.0324. The standard InChI is InChI=1S/C22H33ClN4O3/c1-20(2,3)17(26-14-10-24-13(23)9-25-14)18(28)27-11-12-15(22(12,7)8)16(27)19(29)30-21(4,5)6/h9-10,12,15-17H,11H2,1-8H3,(H,25,26)/t12-,15-,16-,17+/m0/s1. The lowest BCUT2D eigenvalue weighted by atomic mass is 9.85. The van der Waals surface area contributed by atoms with Crippen LogP contribution in [0.5, 0.6) is 0 Å². The van der Waals surface area contributed by atoms with Gasteiger partial charge < -0.3 is 15.0 Å². The average Bonchev–Trinajstić information content (AvgIpc) is 2.94. The second-order valence-corrected chi connectivity index (χ2v) is 11.5. The number of rotatable bonds is 4. The van der Waals surface area contributed by atoms with Crippen molar-refractivity contribution < 1.29 is 14.3 Å². The lowest BCUT2D eigenvalue weighted by Gasteiger charge is -2.38. The van der Waals surface area contributed by atoms with Gasteiger partial charge in [0.2, 0.25) is 5.91 Å². The fourth-order valence-electron chi connectivity index (χ4n) is 4.49. The Balaban J connectivity index is 1.87. The maximum Gasteiger partial charge on any atom is 0.329 e. The molecule has 7 nitrogen and oxygen atoms in total. The predicted octanol–water partition coefficient (Wildman–Crippen LogP) is 3.78. The molecule has 1 aromatic rings. The number of ether oxygens (including phenoxy) is 1. The molecule has 30 heavy (non-hydrogen) atoms. The molecule has 4 atom stereocenters. The van der Waals surface area contributed by atoms with E-state index in [0.717, 1.165) is 0 Å². The number of likely N-dealkylation sites (tertiary alicyclic amines) is 1. The zero-order valence-corrected chi connectivity index (χ0v) is 19.9. The van der Waals surface area contributed by atoms with Crippen molar-refractivity contribution >= 4 is 29.3 Å². The van der Waals surface area contributed by atoms with Gasteiger partial charge in [0, 0.05) is 12.5 Å². The second-order valence-electron chi connectivity index (χ2n) is 11.1. The van der Waals surface area contributed by atoms with Gasteiger partial charge in [0.05, 0.1) is 12.4 Å². The zero-order valence-electron chi connectivity index (χ0n) is 19.1. The number of amides is 1. The van der Waals surface area contributed by atoms with Crippen LogP contribution in [0.15, 0.2) is 12.4 Å². The number of hydrogen-bond acceptors (Lipinski definition) is 6. The molecule has 166 valence electrons. The molecular formula is C22H33ClN4O3. The molecule has 0 spiro atoms. The Kier molecular flexibility index (Phi) is 5.59. The average molecular weight is 437 g/mol. The highest BCUT2D eigenvalue weighted by Gasteiger charge is 2.70. The number of halogens is 1. The fraction of sp³-hybridized carbons (Fsp3) is 0.727. The van der Waals surface area contributed by atoms with Crippen LogP contribution in [0.1, 0.15) is 55.4 Å². The van der Waals surface area contributed by atoms with E-state index >= 15 is 0 Å². The highest BCUT2D eigenvalue weighted by atomic mass is 35.5. The molecule has 1 aliphatic heterocycles. The van der Waals surface area contributed by atoms with Gasteiger partial charge in [-0.3, -0.25) is 4.79 Å². The molecule has 0 unspecified atom stereocenters. The van der Waals surface area contributed by atoms with Gasteiger partial charge in [-0.25, -0.2) is 14.8 Å². The van der Waals surface area contributed by atoms with Crippen molar-refractivity contribution in [1.29, 1.82) is 0 Å². The largest absolute Gasteiger partial charge is 0.458 e. The number of anilines is 1. The zero-order chi connectivity index (χ0) is 22.6. The summed E-state index contributed by atoms with van der Waals surface area (Å²) in [5, 5.41) is 3.49. The third kappa shape index (κ3) is 4.41. The molecule has 8 heteroatoms. The third-order valence-corrected chi connectivity index (χ3v) is 6.36. The lowest BCUT2D eigenvalue weighted by Crippen LogP contribution is -2.55. The van der Waals surface area contributed by atoms with E-state index in [2.05, 4.69) is 29.1 Å². The summed E-state index contributed by atoms with van der Waals surface area (Å²) in [5.41, 5.74) is -0.993. The molecule has 2 heterocycles. The van der Waals surface area contributed by atoms with Crippen molar-refractivity contribution in [3.63, 3.8) is 0 Å². The van der Waals surface area contributed by atoms with Gasteiger partial charge in [0.1, 0.15) is 28.7 Å². The van der Waals surface area contributed by atoms with Crippen molar-refractivity contribution in [2.75, 3.05) is 11.9 Å². The number of carbonyl (C=O) groups excluding carboxylic acids is 2. The topological polar surface area (TPSA) is 84.4 Å². The van der Waals surface area contributed by atoms with E-state index in [1.807, 2.05) is 41.5 Å². The van der Waals surface area contributed by atoms with Crippen molar-refractivity contribution in [3.8, 4) is 0 Å². The van der Waals surface area contributed by atoms with E-state index in [4.69, 9.17) is 16.3 Å². The second kappa shape index (κ2) is 7.36. The molecule has 1 aliphatic carbocycles. The Labute approximate surface area is 183 Å². The van der Waals surface area contributed by atoms with Crippen molar-refractivity contribution in [2.45, 2.75) is 73.1 Å². The van der Waals surface area contributed by atoms with Crippen molar-refractivity contribution in [1.82, 2.24) is 14.9 Å². The van der Waals surface area contributed by atoms with Gasteiger partial charge in [-0.05, 0) is 37.5 Å². The fourth-order valence-corrected chi connectivity index (χ4v) is 4.59. The number of carbonyl (C=O) groups is 2. The Morgan fingerprint density at radius 3 is 2.33 bits per heavy atom. The van der Waals surface area contributed by atoms with Crippen LogP contribution < -0.4 is 5.32 Å². The van der Waals surface area contributed by atoms with Crippen LogP contribution in [0.25, 0.3) is 0 Å². The summed E-state index contributed by atoms with van der Waals surface area (Å²) in [7, 11) is 0. The highest BCUT2D eigenvalue weighted by molar-refractivity contribution is 6.29. The lowest BCUT2D eigenvalue weighted by molar-refractivity contribution is -0.165. The summed E-state index contributed by atoms with van der Waals surface area (Å²) in [4.78, 5) is 36.8. The summed E-state index contributed by atoms with van der Waals surface area (Å²) in [6.45, 7) is 16.4. The van der Waals surface area contributed by atoms with Gasteiger partial charge in [0.25, 0.3) is 0 Å². The minimum Gasteiger partial charge on any atom is -0.458 e. The first-order valence-electron chi connectivity index (χ1n) is 10.4. The smallest absolute Gasteiger partial charge is 0.329 e. The van der Waals surface area contributed by atoms with Crippen LogP contribution >= 0.6 is 11.6 Å². The SMILES string of the molecule is CC(C)(C)OC(=O)[C@@H]1[C@@H]2[C@H](CN1C(=O)[C@@H](Nc1cnc(Cl)cn1)C(C)(C)C)C2(C)C. The van der Waals surface area contributed by atoms with Crippen LogP contribution in [-0.2, 0) is 14.3 Å². The summed E-state index contributed by atoms with van der Waals surface area (Å²) < 4.78 is 5.70. The first-order valence-corrected chi connectivity index (χ1v) is 10.8. The van der Waals surface area contributed by atoms with E-state index in [0.29, 0.717) is 18.3 Å². The quantitative estimate of drug-likeness (QED) is 0.723. The van der Waals surface area contributed by atoms with Gasteiger partial charge in [-0.1, -0.05) is 46.2 Å². The third-order valence-electron chi connectivity index (χ3n) is 6.17. The first kappa shape index (κ1) is 22.8. The Bertz CT molecular complexity index is 826. The number of esters is 1. The molecule has 1 saturated heterocycles.